The molecule has 0 unspecified atom stereocenters. The number of rotatable bonds is 1. The first kappa shape index (κ1) is 8.34. The third kappa shape index (κ3) is 1.84. The van der Waals surface area contributed by atoms with Gasteiger partial charge in [-0.15, -0.1) is 0 Å². The first-order chi connectivity index (χ1) is 5.04. The van der Waals surface area contributed by atoms with Gasteiger partial charge in [-0.1, -0.05) is 20.8 Å². The first-order valence-electron chi connectivity index (χ1n) is 3.82. The molecule has 1 rings (SSSR count). The Hall–Kier alpha value is -0.760. The topological polar surface area (TPSA) is 36.0 Å². The van der Waals surface area contributed by atoms with E-state index in [2.05, 4.69) is 25.8 Å². The maximum absolute atomic E-state index is 8.79. The van der Waals surface area contributed by atoms with E-state index in [1.54, 1.807) is 0 Å². The summed E-state index contributed by atoms with van der Waals surface area (Å²) in [5, 5.41) is 8.79. The van der Waals surface area contributed by atoms with Crippen LogP contribution in [-0.2, 0) is 12.0 Å². The standard InChI is InChI=1S/C9H15NO/c1-9(2,3)7-4-8(6-11)10-5-7/h4-5,10-11H,6H2,1-3H3. The molecule has 2 heteroatoms. The van der Waals surface area contributed by atoms with Crippen molar-refractivity contribution >= 4 is 0 Å². The summed E-state index contributed by atoms with van der Waals surface area (Å²) < 4.78 is 0. The lowest BCUT2D eigenvalue weighted by Gasteiger charge is -2.15. The quantitative estimate of drug-likeness (QED) is 0.634. The van der Waals surface area contributed by atoms with Crippen LogP contribution in [0.3, 0.4) is 0 Å². The molecule has 0 aliphatic rings. The van der Waals surface area contributed by atoms with Crippen molar-refractivity contribution < 1.29 is 5.11 Å². The Labute approximate surface area is 67.3 Å². The fourth-order valence-corrected chi connectivity index (χ4v) is 0.966. The van der Waals surface area contributed by atoms with E-state index < -0.39 is 0 Å². The molecule has 1 heterocycles. The normalized spacial score (nSPS) is 12.0. The second kappa shape index (κ2) is 2.70. The van der Waals surface area contributed by atoms with Crippen LogP contribution in [0.4, 0.5) is 0 Å². The van der Waals surface area contributed by atoms with Crippen molar-refractivity contribution in [1.29, 1.82) is 0 Å². The number of hydrogen-bond donors (Lipinski definition) is 2. The number of nitrogens with one attached hydrogen (secondary N) is 1. The van der Waals surface area contributed by atoms with E-state index in [-0.39, 0.29) is 12.0 Å². The molecule has 1 aromatic heterocycles. The summed E-state index contributed by atoms with van der Waals surface area (Å²) in [4.78, 5) is 3.01. The minimum absolute atomic E-state index is 0.0933. The van der Waals surface area contributed by atoms with Crippen molar-refractivity contribution in [2.45, 2.75) is 32.8 Å². The summed E-state index contributed by atoms with van der Waals surface area (Å²) in [5.74, 6) is 0. The number of H-pyrrole nitrogens is 1. The van der Waals surface area contributed by atoms with Gasteiger partial charge in [-0.3, -0.25) is 0 Å². The molecule has 0 aliphatic carbocycles. The van der Waals surface area contributed by atoms with Gasteiger partial charge < -0.3 is 10.1 Å². The summed E-state index contributed by atoms with van der Waals surface area (Å²) in [6.07, 6.45) is 1.95. The molecular formula is C9H15NO. The number of hydrogen-bond acceptors (Lipinski definition) is 1. The van der Waals surface area contributed by atoms with E-state index in [1.165, 1.54) is 5.56 Å². The van der Waals surface area contributed by atoms with Crippen LogP contribution >= 0.6 is 0 Å². The monoisotopic (exact) mass is 153 g/mol. The Bertz CT molecular complexity index is 232. The van der Waals surface area contributed by atoms with E-state index in [0.717, 1.165) is 5.69 Å². The minimum atomic E-state index is 0.0933. The Morgan fingerprint density at radius 1 is 1.45 bits per heavy atom. The van der Waals surface area contributed by atoms with E-state index in [4.69, 9.17) is 5.11 Å². The third-order valence-electron chi connectivity index (χ3n) is 1.78. The zero-order chi connectivity index (χ0) is 8.48. The predicted molar refractivity (Wildman–Crippen MR) is 45.4 cm³/mol. The van der Waals surface area contributed by atoms with Gasteiger partial charge in [0.2, 0.25) is 0 Å². The zero-order valence-electron chi connectivity index (χ0n) is 7.31. The number of aromatic nitrogens is 1. The highest BCUT2D eigenvalue weighted by molar-refractivity contribution is 5.23. The van der Waals surface area contributed by atoms with Crippen LogP contribution in [0.1, 0.15) is 32.0 Å². The van der Waals surface area contributed by atoms with Crippen molar-refractivity contribution in [1.82, 2.24) is 4.98 Å². The van der Waals surface area contributed by atoms with E-state index in [1.807, 2.05) is 12.3 Å². The second-order valence-electron chi connectivity index (χ2n) is 3.82. The van der Waals surface area contributed by atoms with Crippen LogP contribution in [0.2, 0.25) is 0 Å². The molecule has 0 aliphatic heterocycles. The van der Waals surface area contributed by atoms with Crippen LogP contribution in [0.5, 0.6) is 0 Å². The Morgan fingerprint density at radius 3 is 2.36 bits per heavy atom. The summed E-state index contributed by atoms with van der Waals surface area (Å²) in [7, 11) is 0. The van der Waals surface area contributed by atoms with Gasteiger partial charge in [0.15, 0.2) is 0 Å². The maximum atomic E-state index is 8.79. The van der Waals surface area contributed by atoms with Gasteiger partial charge in [0, 0.05) is 11.9 Å². The van der Waals surface area contributed by atoms with Gasteiger partial charge in [-0.2, -0.15) is 0 Å². The maximum Gasteiger partial charge on any atom is 0.0830 e. The SMILES string of the molecule is CC(C)(C)c1c[nH]c(CO)c1. The highest BCUT2D eigenvalue weighted by atomic mass is 16.3. The van der Waals surface area contributed by atoms with Crippen molar-refractivity contribution in [3.05, 3.63) is 23.5 Å². The van der Waals surface area contributed by atoms with E-state index >= 15 is 0 Å². The molecule has 0 amide bonds. The van der Waals surface area contributed by atoms with Gasteiger partial charge in [0.05, 0.1) is 6.61 Å². The number of aliphatic hydroxyl groups is 1. The van der Waals surface area contributed by atoms with Gasteiger partial charge >= 0.3 is 0 Å². The fourth-order valence-electron chi connectivity index (χ4n) is 0.966. The molecule has 1 aromatic rings. The van der Waals surface area contributed by atoms with Gasteiger partial charge in [-0.05, 0) is 17.0 Å². The van der Waals surface area contributed by atoms with Crippen LogP contribution in [0.25, 0.3) is 0 Å². The summed E-state index contributed by atoms with van der Waals surface area (Å²) in [6, 6.07) is 2.00. The van der Waals surface area contributed by atoms with Crippen molar-refractivity contribution in [2.24, 2.45) is 0 Å². The summed E-state index contributed by atoms with van der Waals surface area (Å²) >= 11 is 0. The first-order valence-corrected chi connectivity index (χ1v) is 3.82. The highest BCUT2D eigenvalue weighted by Crippen LogP contribution is 2.22. The third-order valence-corrected chi connectivity index (χ3v) is 1.78. The molecule has 0 saturated heterocycles. The molecule has 2 N–H and O–H groups in total. The Morgan fingerprint density at radius 2 is 2.09 bits per heavy atom. The van der Waals surface area contributed by atoms with Crippen LogP contribution in [-0.4, -0.2) is 10.1 Å². The molecule has 0 spiro atoms. The van der Waals surface area contributed by atoms with Gasteiger partial charge in [0.1, 0.15) is 0 Å². The van der Waals surface area contributed by atoms with E-state index in [0.29, 0.717) is 0 Å². The molecule has 11 heavy (non-hydrogen) atoms. The van der Waals surface area contributed by atoms with E-state index in [9.17, 15) is 0 Å². The predicted octanol–water partition coefficient (Wildman–Crippen LogP) is 1.80. The summed E-state index contributed by atoms with van der Waals surface area (Å²) in [5.41, 5.74) is 2.29. The van der Waals surface area contributed by atoms with Crippen molar-refractivity contribution in [3.63, 3.8) is 0 Å². The summed E-state index contributed by atoms with van der Waals surface area (Å²) in [6.45, 7) is 6.54. The zero-order valence-corrected chi connectivity index (χ0v) is 7.31. The Balaban J connectivity index is 2.89. The smallest absolute Gasteiger partial charge is 0.0830 e. The molecule has 0 saturated carbocycles. The highest BCUT2D eigenvalue weighted by Gasteiger charge is 2.14. The average molecular weight is 153 g/mol. The fraction of sp³-hybridized carbons (Fsp3) is 0.556. The average Bonchev–Trinajstić information content (AvgIpc) is 2.32. The molecule has 0 bridgehead atoms. The lowest BCUT2D eigenvalue weighted by atomic mass is 9.89. The molecule has 62 valence electrons. The minimum Gasteiger partial charge on any atom is -0.390 e. The molecule has 2 nitrogen and oxygen atoms in total. The van der Waals surface area contributed by atoms with Crippen LogP contribution < -0.4 is 0 Å². The van der Waals surface area contributed by atoms with Gasteiger partial charge in [0.25, 0.3) is 0 Å². The van der Waals surface area contributed by atoms with Crippen molar-refractivity contribution in [3.8, 4) is 0 Å². The molecule has 0 radical (unpaired) electrons. The Kier molecular flexibility index (Phi) is 2.05. The van der Waals surface area contributed by atoms with Crippen LogP contribution in [0, 0.1) is 0 Å². The largest absolute Gasteiger partial charge is 0.390 e. The van der Waals surface area contributed by atoms with Crippen molar-refractivity contribution in [2.75, 3.05) is 0 Å². The molecule has 0 fully saturated rings. The lowest BCUT2D eigenvalue weighted by molar-refractivity contribution is 0.277. The molecule has 0 atom stereocenters. The lowest BCUT2D eigenvalue weighted by Crippen LogP contribution is -2.09. The number of aliphatic hydroxyl groups excluding tert-OH is 1. The number of aromatic amines is 1. The second-order valence-corrected chi connectivity index (χ2v) is 3.82. The van der Waals surface area contributed by atoms with Gasteiger partial charge in [-0.25, -0.2) is 0 Å². The van der Waals surface area contributed by atoms with Crippen LogP contribution in [0.15, 0.2) is 12.3 Å². The molecule has 0 aromatic carbocycles. The molecular weight excluding hydrogens is 138 g/mol.